The summed E-state index contributed by atoms with van der Waals surface area (Å²) in [7, 11) is 3.35. The van der Waals surface area contributed by atoms with Gasteiger partial charge in [-0.2, -0.15) is 0 Å². The van der Waals surface area contributed by atoms with Gasteiger partial charge in [-0.05, 0) is 43.2 Å². The first-order valence-corrected chi connectivity index (χ1v) is 10.5. The zero-order chi connectivity index (χ0) is 21.4. The molecule has 0 unspecified atom stereocenters. The first-order valence-electron chi connectivity index (χ1n) is 9.52. The Morgan fingerprint density at radius 3 is 2.24 bits per heavy atom. The van der Waals surface area contributed by atoms with Crippen LogP contribution in [0.25, 0.3) is 0 Å². The van der Waals surface area contributed by atoms with Crippen molar-refractivity contribution in [1.29, 1.82) is 0 Å². The summed E-state index contributed by atoms with van der Waals surface area (Å²) in [6.07, 6.45) is 0.338. The number of rotatable bonds is 9. The van der Waals surface area contributed by atoms with Crippen molar-refractivity contribution < 1.29 is 14.7 Å². The van der Waals surface area contributed by atoms with Crippen molar-refractivity contribution in [3.63, 3.8) is 0 Å². The lowest BCUT2D eigenvalue weighted by Gasteiger charge is -2.32. The molecule has 0 bridgehead atoms. The van der Waals surface area contributed by atoms with Gasteiger partial charge < -0.3 is 20.6 Å². The van der Waals surface area contributed by atoms with Gasteiger partial charge in [-0.15, -0.1) is 11.8 Å². The molecule has 2 atom stereocenters. The van der Waals surface area contributed by atoms with E-state index in [1.54, 1.807) is 61.9 Å². The number of likely N-dealkylation sites (N-methyl/N-ethyl adjacent to an activating group) is 1. The molecule has 7 heteroatoms. The Morgan fingerprint density at radius 2 is 1.66 bits per heavy atom. The van der Waals surface area contributed by atoms with Gasteiger partial charge in [-0.3, -0.25) is 9.59 Å². The fourth-order valence-electron chi connectivity index (χ4n) is 2.97. The van der Waals surface area contributed by atoms with Gasteiger partial charge >= 0.3 is 0 Å². The molecule has 2 aromatic rings. The number of benzene rings is 2. The molecule has 0 aliphatic heterocycles. The molecule has 0 saturated carbocycles. The van der Waals surface area contributed by atoms with E-state index in [0.717, 1.165) is 10.5 Å². The Hall–Kier alpha value is -2.51. The van der Waals surface area contributed by atoms with Crippen LogP contribution in [-0.2, 0) is 16.0 Å². The molecule has 2 rings (SSSR count). The van der Waals surface area contributed by atoms with Crippen molar-refractivity contribution in [2.45, 2.75) is 30.3 Å². The summed E-state index contributed by atoms with van der Waals surface area (Å²) in [5.41, 5.74) is 7.06. The summed E-state index contributed by atoms with van der Waals surface area (Å²) in [6.45, 7) is 2.16. The minimum Gasteiger partial charge on any atom is -0.508 e. The number of carbonyl (C=O) groups is 2. The second kappa shape index (κ2) is 10.9. The van der Waals surface area contributed by atoms with E-state index in [2.05, 4.69) is 0 Å². The molecule has 0 aromatic heterocycles. The molecule has 6 nitrogen and oxygen atoms in total. The molecular weight excluding hydrogens is 386 g/mol. The van der Waals surface area contributed by atoms with Gasteiger partial charge in [0.25, 0.3) is 0 Å². The highest BCUT2D eigenvalue weighted by atomic mass is 32.2. The predicted molar refractivity (Wildman–Crippen MR) is 117 cm³/mol. The highest BCUT2D eigenvalue weighted by molar-refractivity contribution is 7.99. The van der Waals surface area contributed by atoms with E-state index >= 15 is 0 Å². The largest absolute Gasteiger partial charge is 0.508 e. The zero-order valence-electron chi connectivity index (χ0n) is 17.1. The molecule has 2 amide bonds. The maximum Gasteiger partial charge on any atom is 0.244 e. The first kappa shape index (κ1) is 22.8. The number of nitrogens with two attached hydrogens (primary N) is 1. The summed E-state index contributed by atoms with van der Waals surface area (Å²) >= 11 is 1.63. The smallest absolute Gasteiger partial charge is 0.244 e. The van der Waals surface area contributed by atoms with E-state index in [4.69, 9.17) is 5.73 Å². The van der Waals surface area contributed by atoms with Gasteiger partial charge in [0.2, 0.25) is 11.8 Å². The average Bonchev–Trinajstić information content (AvgIpc) is 2.72. The van der Waals surface area contributed by atoms with Crippen LogP contribution in [-0.4, -0.2) is 65.2 Å². The SMILES string of the molecule is C[C@H](C(=O)N(C)C)N(CCSc1ccccc1)C(=O)[C@@H](N)Cc1ccc(O)cc1. The Kier molecular flexibility index (Phi) is 8.54. The molecule has 0 fully saturated rings. The lowest BCUT2D eigenvalue weighted by atomic mass is 10.0. The minimum absolute atomic E-state index is 0.139. The number of nitrogens with zero attached hydrogens (tertiary/aromatic N) is 2. The number of carbonyl (C=O) groups excluding carboxylic acids is 2. The van der Waals surface area contributed by atoms with Gasteiger partial charge in [-0.25, -0.2) is 0 Å². The molecular formula is C22H29N3O3S. The van der Waals surface area contributed by atoms with Crippen LogP contribution in [0.4, 0.5) is 0 Å². The number of hydrogen-bond donors (Lipinski definition) is 2. The molecule has 0 radical (unpaired) electrons. The monoisotopic (exact) mass is 415 g/mol. The number of phenolic OH excluding ortho intramolecular Hbond substituents is 1. The summed E-state index contributed by atoms with van der Waals surface area (Å²) in [4.78, 5) is 29.8. The third-order valence-corrected chi connectivity index (χ3v) is 5.59. The van der Waals surface area contributed by atoms with Crippen molar-refractivity contribution in [3.8, 4) is 5.75 Å². The molecule has 2 aromatic carbocycles. The summed E-state index contributed by atoms with van der Waals surface area (Å²) in [5, 5.41) is 9.41. The molecule has 0 aliphatic rings. The number of phenols is 1. The van der Waals surface area contributed by atoms with Crippen LogP contribution < -0.4 is 5.73 Å². The Labute approximate surface area is 176 Å². The molecule has 0 spiro atoms. The van der Waals surface area contributed by atoms with Crippen LogP contribution in [0.5, 0.6) is 5.75 Å². The van der Waals surface area contributed by atoms with Crippen LogP contribution in [0.2, 0.25) is 0 Å². The molecule has 3 N–H and O–H groups in total. The van der Waals surface area contributed by atoms with E-state index in [1.165, 1.54) is 4.90 Å². The fourth-order valence-corrected chi connectivity index (χ4v) is 3.84. The van der Waals surface area contributed by atoms with Crippen LogP contribution in [0.3, 0.4) is 0 Å². The third kappa shape index (κ3) is 6.80. The fraction of sp³-hybridized carbons (Fsp3) is 0.364. The second-order valence-corrected chi connectivity index (χ2v) is 8.25. The van der Waals surface area contributed by atoms with Crippen LogP contribution >= 0.6 is 11.8 Å². The maximum absolute atomic E-state index is 13.1. The summed E-state index contributed by atoms with van der Waals surface area (Å²) < 4.78 is 0. The maximum atomic E-state index is 13.1. The van der Waals surface area contributed by atoms with Crippen molar-refractivity contribution in [2.24, 2.45) is 5.73 Å². The van der Waals surface area contributed by atoms with E-state index in [1.807, 2.05) is 30.3 Å². The predicted octanol–water partition coefficient (Wildman–Crippen LogP) is 2.36. The Balaban J connectivity index is 2.08. The molecule has 0 heterocycles. The normalized spacial score (nSPS) is 12.8. The number of aromatic hydroxyl groups is 1. The van der Waals surface area contributed by atoms with Gasteiger partial charge in [0.05, 0.1) is 6.04 Å². The molecule has 0 aliphatic carbocycles. The van der Waals surface area contributed by atoms with Crippen molar-refractivity contribution in [3.05, 3.63) is 60.2 Å². The van der Waals surface area contributed by atoms with Crippen molar-refractivity contribution in [1.82, 2.24) is 9.80 Å². The van der Waals surface area contributed by atoms with Crippen molar-refractivity contribution in [2.75, 3.05) is 26.4 Å². The summed E-state index contributed by atoms with van der Waals surface area (Å²) in [6, 6.07) is 15.2. The highest BCUT2D eigenvalue weighted by Crippen LogP contribution is 2.18. The van der Waals surface area contributed by atoms with Gasteiger partial charge in [0.15, 0.2) is 0 Å². The number of amides is 2. The van der Waals surface area contributed by atoms with E-state index in [0.29, 0.717) is 18.7 Å². The highest BCUT2D eigenvalue weighted by Gasteiger charge is 2.30. The minimum atomic E-state index is -0.765. The van der Waals surface area contributed by atoms with E-state index in [9.17, 15) is 14.7 Å². The Bertz CT molecular complexity index is 797. The lowest BCUT2D eigenvalue weighted by Crippen LogP contribution is -2.54. The first-order chi connectivity index (χ1) is 13.8. The third-order valence-electron chi connectivity index (χ3n) is 4.60. The number of thioether (sulfide) groups is 1. The molecule has 0 saturated heterocycles. The number of hydrogen-bond acceptors (Lipinski definition) is 5. The quantitative estimate of drug-likeness (QED) is 0.614. The van der Waals surface area contributed by atoms with Gasteiger partial charge in [-0.1, -0.05) is 30.3 Å². The van der Waals surface area contributed by atoms with Crippen LogP contribution in [0, 0.1) is 0 Å². The molecule has 29 heavy (non-hydrogen) atoms. The average molecular weight is 416 g/mol. The second-order valence-electron chi connectivity index (χ2n) is 7.08. The standard InChI is InChI=1S/C22H29N3O3S/c1-16(21(27)24(2)3)25(13-14-29-19-7-5-4-6-8-19)22(28)20(23)15-17-9-11-18(26)12-10-17/h4-12,16,20,26H,13-15,23H2,1-3H3/t16-,20+/m1/s1. The summed E-state index contributed by atoms with van der Waals surface area (Å²) in [5.74, 6) is 0.431. The van der Waals surface area contributed by atoms with Crippen LogP contribution in [0.15, 0.2) is 59.5 Å². The topological polar surface area (TPSA) is 86.9 Å². The van der Waals surface area contributed by atoms with Crippen molar-refractivity contribution >= 4 is 23.6 Å². The van der Waals surface area contributed by atoms with E-state index < -0.39 is 12.1 Å². The van der Waals surface area contributed by atoms with E-state index in [-0.39, 0.29) is 17.6 Å². The zero-order valence-corrected chi connectivity index (χ0v) is 17.9. The Morgan fingerprint density at radius 1 is 1.03 bits per heavy atom. The lowest BCUT2D eigenvalue weighted by molar-refractivity contribution is -0.144. The van der Waals surface area contributed by atoms with Crippen LogP contribution in [0.1, 0.15) is 12.5 Å². The van der Waals surface area contributed by atoms with Gasteiger partial charge in [0.1, 0.15) is 11.8 Å². The van der Waals surface area contributed by atoms with Gasteiger partial charge in [0, 0.05) is 31.3 Å². The molecule has 156 valence electrons.